The van der Waals surface area contributed by atoms with Crippen LogP contribution in [0.25, 0.3) is 0 Å². The van der Waals surface area contributed by atoms with Crippen LogP contribution in [0.4, 0.5) is 4.79 Å². The maximum atomic E-state index is 12.5. The van der Waals surface area contributed by atoms with Crippen molar-refractivity contribution in [2.45, 2.75) is 57.0 Å². The zero-order valence-corrected chi connectivity index (χ0v) is 24.1. The van der Waals surface area contributed by atoms with Crippen LogP contribution in [0, 0.1) is 0 Å². The Hall–Kier alpha value is -3.93. The molecule has 1 aliphatic rings. The molecule has 0 radical (unpaired) electrons. The molecule has 2 unspecified atom stereocenters. The number of nitrogens with zero attached hydrogens (tertiary/aromatic N) is 1. The van der Waals surface area contributed by atoms with Gasteiger partial charge in [-0.3, -0.25) is 0 Å². The SMILES string of the molecule is CC(C)(C)OC(=O)N1CCC(c2ccc(COC(c3ccccc3)(c3ccccc3)c3ccccc3)cc2)C(O)C1. The summed E-state index contributed by atoms with van der Waals surface area (Å²) in [5.41, 5.74) is 3.95. The fourth-order valence-corrected chi connectivity index (χ4v) is 5.63. The van der Waals surface area contributed by atoms with Gasteiger partial charge in [-0.1, -0.05) is 115 Å². The minimum Gasteiger partial charge on any atom is -0.444 e. The van der Waals surface area contributed by atoms with Crippen LogP contribution in [0.3, 0.4) is 0 Å². The van der Waals surface area contributed by atoms with Gasteiger partial charge in [0.25, 0.3) is 0 Å². The van der Waals surface area contributed by atoms with Gasteiger partial charge in [-0.25, -0.2) is 4.79 Å². The molecule has 0 aliphatic carbocycles. The molecule has 4 aromatic rings. The second-order valence-corrected chi connectivity index (χ2v) is 11.7. The monoisotopic (exact) mass is 549 g/mol. The lowest BCUT2D eigenvalue weighted by Gasteiger charge is -2.37. The van der Waals surface area contributed by atoms with Crippen molar-refractivity contribution in [1.82, 2.24) is 4.90 Å². The maximum Gasteiger partial charge on any atom is 0.410 e. The molecule has 0 spiro atoms. The van der Waals surface area contributed by atoms with Crippen molar-refractivity contribution in [3.63, 3.8) is 0 Å². The average Bonchev–Trinajstić information content (AvgIpc) is 2.99. The number of aliphatic hydroxyl groups excluding tert-OH is 1. The highest BCUT2D eigenvalue weighted by Crippen LogP contribution is 2.41. The third kappa shape index (κ3) is 6.53. The van der Waals surface area contributed by atoms with E-state index in [0.29, 0.717) is 19.6 Å². The van der Waals surface area contributed by atoms with Crippen LogP contribution in [0.15, 0.2) is 115 Å². The zero-order chi connectivity index (χ0) is 28.9. The van der Waals surface area contributed by atoms with Gasteiger partial charge in [-0.05, 0) is 55.0 Å². The summed E-state index contributed by atoms with van der Waals surface area (Å²) < 4.78 is 12.4. The van der Waals surface area contributed by atoms with E-state index in [4.69, 9.17) is 9.47 Å². The first-order chi connectivity index (χ1) is 19.8. The van der Waals surface area contributed by atoms with E-state index in [1.165, 1.54) is 0 Å². The fraction of sp³-hybridized carbons (Fsp3) is 0.306. The first-order valence-electron chi connectivity index (χ1n) is 14.3. The standard InChI is InChI=1S/C36H39NO4/c1-35(2,3)41-34(39)37-24-23-32(33(38)25-37)28-21-19-27(20-22-28)26-40-36(29-13-7-4-8-14-29,30-15-9-5-10-16-30)31-17-11-6-12-18-31/h4-22,32-33,38H,23-26H2,1-3H3. The molecular weight excluding hydrogens is 510 g/mol. The molecule has 5 nitrogen and oxygen atoms in total. The molecule has 0 aromatic heterocycles. The van der Waals surface area contributed by atoms with E-state index in [9.17, 15) is 9.90 Å². The van der Waals surface area contributed by atoms with Crippen molar-refractivity contribution in [3.8, 4) is 0 Å². The highest BCUT2D eigenvalue weighted by molar-refractivity contribution is 5.68. The molecule has 2 atom stereocenters. The van der Waals surface area contributed by atoms with Gasteiger partial charge in [0.15, 0.2) is 0 Å². The molecule has 1 N–H and O–H groups in total. The Morgan fingerprint density at radius 2 is 1.27 bits per heavy atom. The molecule has 4 aromatic carbocycles. The number of piperidine rings is 1. The van der Waals surface area contributed by atoms with Crippen LogP contribution in [0.5, 0.6) is 0 Å². The number of rotatable bonds is 7. The van der Waals surface area contributed by atoms with Gasteiger partial charge in [0.2, 0.25) is 0 Å². The Bertz CT molecular complexity index is 1300. The van der Waals surface area contributed by atoms with Gasteiger partial charge in [-0.15, -0.1) is 0 Å². The predicted molar refractivity (Wildman–Crippen MR) is 162 cm³/mol. The topological polar surface area (TPSA) is 59.0 Å². The molecule has 1 fully saturated rings. The summed E-state index contributed by atoms with van der Waals surface area (Å²) in [5, 5.41) is 10.9. The molecule has 5 rings (SSSR count). The van der Waals surface area contributed by atoms with Crippen molar-refractivity contribution < 1.29 is 19.4 Å². The molecule has 1 aliphatic heterocycles. The first-order valence-corrected chi connectivity index (χ1v) is 14.3. The number of benzene rings is 4. The van der Waals surface area contributed by atoms with Crippen LogP contribution < -0.4 is 0 Å². The summed E-state index contributed by atoms with van der Waals surface area (Å²) in [6.07, 6.45) is -0.350. The molecule has 41 heavy (non-hydrogen) atoms. The van der Waals surface area contributed by atoms with Gasteiger partial charge in [0.1, 0.15) is 11.2 Å². The lowest BCUT2D eigenvalue weighted by molar-refractivity contribution is -0.00182. The van der Waals surface area contributed by atoms with E-state index in [1.54, 1.807) is 4.90 Å². The van der Waals surface area contributed by atoms with Crippen LogP contribution in [-0.2, 0) is 21.7 Å². The van der Waals surface area contributed by atoms with Crippen LogP contribution in [0.2, 0.25) is 0 Å². The number of aliphatic hydroxyl groups is 1. The van der Waals surface area contributed by atoms with Gasteiger partial charge in [0, 0.05) is 12.5 Å². The second kappa shape index (κ2) is 12.3. The number of hydrogen-bond donors (Lipinski definition) is 1. The lowest BCUT2D eigenvalue weighted by Crippen LogP contribution is -2.47. The van der Waals surface area contributed by atoms with E-state index in [0.717, 1.165) is 27.8 Å². The average molecular weight is 550 g/mol. The molecule has 212 valence electrons. The third-order valence-corrected chi connectivity index (χ3v) is 7.64. The van der Waals surface area contributed by atoms with Gasteiger partial charge in [-0.2, -0.15) is 0 Å². The van der Waals surface area contributed by atoms with E-state index < -0.39 is 17.3 Å². The lowest BCUT2D eigenvalue weighted by atomic mass is 9.80. The Morgan fingerprint density at radius 1 is 0.780 bits per heavy atom. The number of ether oxygens (including phenoxy) is 2. The fourth-order valence-electron chi connectivity index (χ4n) is 5.63. The van der Waals surface area contributed by atoms with Gasteiger partial charge < -0.3 is 19.5 Å². The third-order valence-electron chi connectivity index (χ3n) is 7.64. The van der Waals surface area contributed by atoms with Crippen LogP contribution in [0.1, 0.15) is 60.9 Å². The summed E-state index contributed by atoms with van der Waals surface area (Å²) in [7, 11) is 0. The zero-order valence-electron chi connectivity index (χ0n) is 24.1. The Balaban J connectivity index is 1.35. The van der Waals surface area contributed by atoms with Crippen molar-refractivity contribution in [2.24, 2.45) is 0 Å². The summed E-state index contributed by atoms with van der Waals surface area (Å²) in [6, 6.07) is 39.4. The number of β-amino-alcohol motifs (C(OH)–C–C–N with tert-alkyl or cyclic N) is 1. The quantitative estimate of drug-likeness (QED) is 0.246. The molecule has 0 bridgehead atoms. The smallest absolute Gasteiger partial charge is 0.410 e. The summed E-state index contributed by atoms with van der Waals surface area (Å²) in [4.78, 5) is 14.1. The molecule has 1 amide bonds. The molecular formula is C36H39NO4. The first kappa shape index (κ1) is 28.6. The Morgan fingerprint density at radius 3 is 1.71 bits per heavy atom. The van der Waals surface area contributed by atoms with Crippen molar-refractivity contribution >= 4 is 6.09 Å². The Labute approximate surface area is 243 Å². The Kier molecular flexibility index (Phi) is 8.57. The van der Waals surface area contributed by atoms with Crippen molar-refractivity contribution in [2.75, 3.05) is 13.1 Å². The number of amides is 1. The number of hydrogen-bond acceptors (Lipinski definition) is 4. The van der Waals surface area contributed by atoms with Gasteiger partial charge >= 0.3 is 6.09 Å². The van der Waals surface area contributed by atoms with Crippen LogP contribution >= 0.6 is 0 Å². The van der Waals surface area contributed by atoms with Gasteiger partial charge in [0.05, 0.1) is 19.3 Å². The van der Waals surface area contributed by atoms with Crippen LogP contribution in [-0.4, -0.2) is 40.9 Å². The summed E-state index contributed by atoms with van der Waals surface area (Å²) in [6.45, 7) is 6.76. The summed E-state index contributed by atoms with van der Waals surface area (Å²) in [5.74, 6) is -0.0410. The minimum absolute atomic E-state index is 0.0410. The number of carbonyl (C=O) groups is 1. The largest absolute Gasteiger partial charge is 0.444 e. The molecule has 0 saturated carbocycles. The highest BCUT2D eigenvalue weighted by atomic mass is 16.6. The predicted octanol–water partition coefficient (Wildman–Crippen LogP) is 7.28. The highest BCUT2D eigenvalue weighted by Gasteiger charge is 2.38. The number of carbonyl (C=O) groups excluding carboxylic acids is 1. The van der Waals surface area contributed by atoms with Crippen molar-refractivity contribution in [3.05, 3.63) is 143 Å². The molecule has 5 heteroatoms. The minimum atomic E-state index is -0.785. The second-order valence-electron chi connectivity index (χ2n) is 11.7. The van der Waals surface area contributed by atoms with Crippen molar-refractivity contribution in [1.29, 1.82) is 0 Å². The van der Waals surface area contributed by atoms with E-state index in [2.05, 4.69) is 60.7 Å². The van der Waals surface area contributed by atoms with E-state index in [-0.39, 0.29) is 18.6 Å². The normalized spacial score (nSPS) is 17.7. The summed E-state index contributed by atoms with van der Waals surface area (Å²) >= 11 is 0. The maximum absolute atomic E-state index is 12.5. The number of likely N-dealkylation sites (tertiary alicyclic amines) is 1. The molecule has 1 saturated heterocycles. The van der Waals surface area contributed by atoms with E-state index in [1.807, 2.05) is 75.4 Å². The van der Waals surface area contributed by atoms with E-state index >= 15 is 0 Å². The molecule has 1 heterocycles.